The molecule has 1 aliphatic rings. The summed E-state index contributed by atoms with van der Waals surface area (Å²) in [6.07, 6.45) is 1.42. The molecule has 0 atom stereocenters. The lowest BCUT2D eigenvalue weighted by atomic mass is 9.79. The van der Waals surface area contributed by atoms with Crippen molar-refractivity contribution in [3.05, 3.63) is 16.6 Å². The van der Waals surface area contributed by atoms with E-state index in [0.29, 0.717) is 31.6 Å². The molecule has 1 aromatic rings. The van der Waals surface area contributed by atoms with Crippen LogP contribution in [0.15, 0.2) is 10.9 Å². The van der Waals surface area contributed by atoms with E-state index in [4.69, 9.17) is 0 Å². The SMILES string of the molecule is CN(C)C(=O)C1(C)CCN(C(=O)c2cscn2)CC1. The molecule has 0 spiro atoms. The van der Waals surface area contributed by atoms with Gasteiger partial charge in [0.25, 0.3) is 5.91 Å². The van der Waals surface area contributed by atoms with Crippen LogP contribution in [0.5, 0.6) is 0 Å². The smallest absolute Gasteiger partial charge is 0.273 e. The summed E-state index contributed by atoms with van der Waals surface area (Å²) < 4.78 is 0. The molecule has 2 heterocycles. The van der Waals surface area contributed by atoms with Crippen LogP contribution in [0.1, 0.15) is 30.3 Å². The van der Waals surface area contributed by atoms with Gasteiger partial charge in [0.05, 0.1) is 5.51 Å². The number of likely N-dealkylation sites (tertiary alicyclic amines) is 1. The maximum atomic E-state index is 12.2. The number of hydrogen-bond acceptors (Lipinski definition) is 4. The van der Waals surface area contributed by atoms with Crippen LogP contribution in [0, 0.1) is 5.41 Å². The van der Waals surface area contributed by atoms with Crippen molar-refractivity contribution in [2.75, 3.05) is 27.2 Å². The third-order valence-corrected chi connectivity index (χ3v) is 4.31. The first-order valence-corrected chi connectivity index (χ1v) is 7.27. The van der Waals surface area contributed by atoms with Gasteiger partial charge in [0.1, 0.15) is 5.69 Å². The minimum Gasteiger partial charge on any atom is -0.348 e. The van der Waals surface area contributed by atoms with Gasteiger partial charge in [-0.2, -0.15) is 0 Å². The zero-order valence-corrected chi connectivity index (χ0v) is 12.4. The van der Waals surface area contributed by atoms with Crippen molar-refractivity contribution in [1.82, 2.24) is 14.8 Å². The number of rotatable bonds is 2. The lowest BCUT2D eigenvalue weighted by Crippen LogP contribution is -2.48. The second kappa shape index (κ2) is 5.28. The molecule has 0 unspecified atom stereocenters. The van der Waals surface area contributed by atoms with Crippen molar-refractivity contribution in [2.45, 2.75) is 19.8 Å². The molecular weight excluding hydrogens is 262 g/mol. The van der Waals surface area contributed by atoms with Gasteiger partial charge in [0, 0.05) is 38.0 Å². The van der Waals surface area contributed by atoms with E-state index in [1.165, 1.54) is 11.3 Å². The number of nitrogens with zero attached hydrogens (tertiary/aromatic N) is 3. The maximum absolute atomic E-state index is 12.2. The van der Waals surface area contributed by atoms with Crippen molar-refractivity contribution in [1.29, 1.82) is 0 Å². The number of piperidine rings is 1. The summed E-state index contributed by atoms with van der Waals surface area (Å²) >= 11 is 1.42. The van der Waals surface area contributed by atoms with Crippen LogP contribution < -0.4 is 0 Å². The van der Waals surface area contributed by atoms with Crippen molar-refractivity contribution in [3.63, 3.8) is 0 Å². The Morgan fingerprint density at radius 1 is 1.37 bits per heavy atom. The van der Waals surface area contributed by atoms with Crippen molar-refractivity contribution in [2.24, 2.45) is 5.41 Å². The van der Waals surface area contributed by atoms with Crippen LogP contribution in [0.2, 0.25) is 0 Å². The predicted octanol–water partition coefficient (Wildman–Crippen LogP) is 1.47. The zero-order chi connectivity index (χ0) is 14.0. The number of carbonyl (C=O) groups is 2. The fourth-order valence-electron chi connectivity index (χ4n) is 2.44. The molecule has 2 rings (SSSR count). The van der Waals surface area contributed by atoms with Crippen molar-refractivity contribution in [3.8, 4) is 0 Å². The Labute approximate surface area is 117 Å². The van der Waals surface area contributed by atoms with Crippen molar-refractivity contribution < 1.29 is 9.59 Å². The van der Waals surface area contributed by atoms with Crippen LogP contribution >= 0.6 is 11.3 Å². The summed E-state index contributed by atoms with van der Waals surface area (Å²) in [4.78, 5) is 31.8. The highest BCUT2D eigenvalue weighted by Gasteiger charge is 2.39. The standard InChI is InChI=1S/C13H19N3O2S/c1-13(12(18)15(2)3)4-6-16(7-5-13)11(17)10-8-19-9-14-10/h8-9H,4-7H2,1-3H3. The molecule has 0 aliphatic carbocycles. The minimum atomic E-state index is -0.345. The number of aromatic nitrogens is 1. The van der Waals surface area contributed by atoms with E-state index in [1.54, 1.807) is 34.8 Å². The molecule has 0 bridgehead atoms. The number of amides is 2. The van der Waals surface area contributed by atoms with Gasteiger partial charge in [-0.3, -0.25) is 9.59 Å². The topological polar surface area (TPSA) is 53.5 Å². The molecule has 1 fully saturated rings. The van der Waals surface area contributed by atoms with E-state index >= 15 is 0 Å². The normalized spacial score (nSPS) is 18.2. The molecule has 0 aromatic carbocycles. The first kappa shape index (κ1) is 14.0. The molecule has 6 heteroatoms. The van der Waals surface area contributed by atoms with Crippen LogP contribution in [0.4, 0.5) is 0 Å². The van der Waals surface area contributed by atoms with Gasteiger partial charge >= 0.3 is 0 Å². The van der Waals surface area contributed by atoms with Gasteiger partial charge in [-0.25, -0.2) is 4.98 Å². The van der Waals surface area contributed by atoms with Crippen LogP contribution in [0.25, 0.3) is 0 Å². The molecule has 1 saturated heterocycles. The number of carbonyl (C=O) groups excluding carboxylic acids is 2. The highest BCUT2D eigenvalue weighted by molar-refractivity contribution is 7.07. The van der Waals surface area contributed by atoms with Gasteiger partial charge in [-0.15, -0.1) is 11.3 Å². The zero-order valence-electron chi connectivity index (χ0n) is 11.5. The average Bonchev–Trinajstić information content (AvgIpc) is 2.91. The second-order valence-electron chi connectivity index (χ2n) is 5.43. The third-order valence-electron chi connectivity index (χ3n) is 3.73. The highest BCUT2D eigenvalue weighted by atomic mass is 32.1. The third kappa shape index (κ3) is 2.78. The van der Waals surface area contributed by atoms with E-state index in [0.717, 1.165) is 0 Å². The summed E-state index contributed by atoms with van der Waals surface area (Å²) in [5.41, 5.74) is 1.83. The molecule has 104 valence electrons. The lowest BCUT2D eigenvalue weighted by molar-refractivity contribution is -0.140. The Hall–Kier alpha value is -1.43. The van der Waals surface area contributed by atoms with E-state index in [1.807, 2.05) is 6.92 Å². The molecule has 0 saturated carbocycles. The van der Waals surface area contributed by atoms with Crippen molar-refractivity contribution >= 4 is 23.2 Å². The molecule has 1 aromatic heterocycles. The minimum absolute atomic E-state index is 0.0272. The Bertz CT molecular complexity index is 462. The monoisotopic (exact) mass is 281 g/mol. The van der Waals surface area contributed by atoms with Crippen LogP contribution in [0.3, 0.4) is 0 Å². The Balaban J connectivity index is 1.99. The summed E-state index contributed by atoms with van der Waals surface area (Å²) in [6, 6.07) is 0. The summed E-state index contributed by atoms with van der Waals surface area (Å²) in [5, 5.41) is 1.76. The maximum Gasteiger partial charge on any atom is 0.273 e. The molecule has 2 amide bonds. The molecule has 1 aliphatic heterocycles. The number of hydrogen-bond donors (Lipinski definition) is 0. The Morgan fingerprint density at radius 2 is 2.00 bits per heavy atom. The van der Waals surface area contributed by atoms with E-state index in [9.17, 15) is 9.59 Å². The van der Waals surface area contributed by atoms with Crippen LogP contribution in [-0.4, -0.2) is 53.8 Å². The van der Waals surface area contributed by atoms with Gasteiger partial charge in [-0.05, 0) is 12.8 Å². The highest BCUT2D eigenvalue weighted by Crippen LogP contribution is 2.32. The molecule has 0 radical (unpaired) electrons. The Kier molecular flexibility index (Phi) is 3.89. The average molecular weight is 281 g/mol. The van der Waals surface area contributed by atoms with Crippen LogP contribution in [-0.2, 0) is 4.79 Å². The van der Waals surface area contributed by atoms with Gasteiger partial charge < -0.3 is 9.80 Å². The second-order valence-corrected chi connectivity index (χ2v) is 6.14. The lowest BCUT2D eigenvalue weighted by Gasteiger charge is -2.39. The molecular formula is C13H19N3O2S. The Morgan fingerprint density at radius 3 is 2.47 bits per heavy atom. The molecule has 5 nitrogen and oxygen atoms in total. The largest absolute Gasteiger partial charge is 0.348 e. The van der Waals surface area contributed by atoms with E-state index in [2.05, 4.69) is 4.98 Å². The quantitative estimate of drug-likeness (QED) is 0.825. The van der Waals surface area contributed by atoms with Gasteiger partial charge in [0.2, 0.25) is 5.91 Å². The van der Waals surface area contributed by atoms with Gasteiger partial charge in [-0.1, -0.05) is 6.92 Å². The predicted molar refractivity (Wildman–Crippen MR) is 74.1 cm³/mol. The fraction of sp³-hybridized carbons (Fsp3) is 0.615. The molecule has 0 N–H and O–H groups in total. The number of thiazole rings is 1. The summed E-state index contributed by atoms with van der Waals surface area (Å²) in [6.45, 7) is 3.22. The summed E-state index contributed by atoms with van der Waals surface area (Å²) in [7, 11) is 3.56. The first-order chi connectivity index (χ1) is 8.94. The summed E-state index contributed by atoms with van der Waals surface area (Å²) in [5.74, 6) is 0.119. The fourth-order valence-corrected chi connectivity index (χ4v) is 2.96. The van der Waals surface area contributed by atoms with E-state index in [-0.39, 0.29) is 17.2 Å². The van der Waals surface area contributed by atoms with E-state index < -0.39 is 0 Å². The van der Waals surface area contributed by atoms with Gasteiger partial charge in [0.15, 0.2) is 0 Å². The molecule has 19 heavy (non-hydrogen) atoms. The first-order valence-electron chi connectivity index (χ1n) is 6.33.